The summed E-state index contributed by atoms with van der Waals surface area (Å²) >= 11 is 0. The van der Waals surface area contributed by atoms with Crippen LogP contribution in [0.1, 0.15) is 31.4 Å². The van der Waals surface area contributed by atoms with E-state index in [-0.39, 0.29) is 11.8 Å². The quantitative estimate of drug-likeness (QED) is 0.921. The summed E-state index contributed by atoms with van der Waals surface area (Å²) in [5, 5.41) is 3.46. The van der Waals surface area contributed by atoms with Gasteiger partial charge in [0, 0.05) is 25.3 Å². The van der Waals surface area contributed by atoms with Crippen LogP contribution in [0.4, 0.5) is 13.2 Å². The van der Waals surface area contributed by atoms with E-state index in [0.717, 1.165) is 31.6 Å². The summed E-state index contributed by atoms with van der Waals surface area (Å²) in [6, 6.07) is 6.45. The molecule has 1 aromatic carbocycles. The van der Waals surface area contributed by atoms with Crippen molar-refractivity contribution >= 4 is 0 Å². The van der Waals surface area contributed by atoms with Crippen molar-refractivity contribution in [3.05, 3.63) is 29.8 Å². The Morgan fingerprint density at radius 3 is 2.35 bits per heavy atom. The van der Waals surface area contributed by atoms with Gasteiger partial charge >= 0.3 is 6.36 Å². The van der Waals surface area contributed by atoms with Crippen LogP contribution in [0.2, 0.25) is 0 Å². The molecule has 0 saturated carbocycles. The number of rotatable bonds is 4. The minimum atomic E-state index is -4.65. The predicted octanol–water partition coefficient (Wildman–Crippen LogP) is 3.41. The monoisotopic (exact) mass is 289 g/mol. The highest BCUT2D eigenvalue weighted by molar-refractivity contribution is 5.29. The van der Waals surface area contributed by atoms with Crippen LogP contribution in [0.15, 0.2) is 24.3 Å². The molecule has 0 spiro atoms. The third kappa shape index (κ3) is 4.68. The molecule has 2 rings (SSSR count). The zero-order chi connectivity index (χ0) is 14.6. The van der Waals surface area contributed by atoms with Gasteiger partial charge in [-0.2, -0.15) is 0 Å². The Kier molecular flexibility index (Phi) is 4.88. The summed E-state index contributed by atoms with van der Waals surface area (Å²) in [4.78, 5) is 0. The van der Waals surface area contributed by atoms with Crippen molar-refractivity contribution in [3.8, 4) is 5.75 Å². The molecule has 0 bridgehead atoms. The van der Waals surface area contributed by atoms with Crippen molar-refractivity contribution in [2.75, 3.05) is 13.2 Å². The van der Waals surface area contributed by atoms with Crippen LogP contribution >= 0.6 is 0 Å². The van der Waals surface area contributed by atoms with Crippen molar-refractivity contribution in [1.82, 2.24) is 5.32 Å². The Balaban J connectivity index is 1.91. The first-order chi connectivity index (χ1) is 9.44. The van der Waals surface area contributed by atoms with E-state index in [0.29, 0.717) is 6.04 Å². The van der Waals surface area contributed by atoms with Gasteiger partial charge in [0.25, 0.3) is 0 Å². The molecule has 1 N–H and O–H groups in total. The molecule has 0 aromatic heterocycles. The topological polar surface area (TPSA) is 30.5 Å². The first kappa shape index (κ1) is 15.1. The molecule has 6 heteroatoms. The van der Waals surface area contributed by atoms with Gasteiger partial charge in [-0.05, 0) is 37.5 Å². The van der Waals surface area contributed by atoms with Crippen molar-refractivity contribution in [2.24, 2.45) is 0 Å². The van der Waals surface area contributed by atoms with E-state index in [1.165, 1.54) is 12.1 Å². The molecule has 1 saturated heterocycles. The fourth-order valence-corrected chi connectivity index (χ4v) is 2.27. The molecular formula is C14H18F3NO2. The Bertz CT molecular complexity index is 413. The van der Waals surface area contributed by atoms with Gasteiger partial charge < -0.3 is 14.8 Å². The SMILES string of the molecule is CC(NC1CCOCC1)c1ccc(OC(F)(F)F)cc1. The molecule has 0 amide bonds. The van der Waals surface area contributed by atoms with Crippen LogP contribution in [0.5, 0.6) is 5.75 Å². The first-order valence-electron chi connectivity index (χ1n) is 6.63. The minimum Gasteiger partial charge on any atom is -0.406 e. The third-order valence-corrected chi connectivity index (χ3v) is 3.32. The Morgan fingerprint density at radius 1 is 1.20 bits per heavy atom. The van der Waals surface area contributed by atoms with Gasteiger partial charge in [-0.1, -0.05) is 12.1 Å². The van der Waals surface area contributed by atoms with E-state index < -0.39 is 6.36 Å². The van der Waals surface area contributed by atoms with Crippen LogP contribution in [-0.2, 0) is 4.74 Å². The lowest BCUT2D eigenvalue weighted by Crippen LogP contribution is -2.36. The zero-order valence-corrected chi connectivity index (χ0v) is 11.2. The molecule has 3 nitrogen and oxygen atoms in total. The van der Waals surface area contributed by atoms with Crippen LogP contribution in [0, 0.1) is 0 Å². The van der Waals surface area contributed by atoms with Gasteiger partial charge in [-0.15, -0.1) is 13.2 Å². The number of hydrogen-bond acceptors (Lipinski definition) is 3. The second-order valence-electron chi connectivity index (χ2n) is 4.89. The van der Waals surface area contributed by atoms with Crippen molar-refractivity contribution in [1.29, 1.82) is 0 Å². The molecule has 1 aromatic rings. The van der Waals surface area contributed by atoms with Gasteiger partial charge in [-0.25, -0.2) is 0 Å². The maximum atomic E-state index is 12.1. The Labute approximate surface area is 116 Å². The van der Waals surface area contributed by atoms with E-state index in [2.05, 4.69) is 10.1 Å². The molecule has 0 radical (unpaired) electrons. The van der Waals surface area contributed by atoms with Crippen LogP contribution in [0.3, 0.4) is 0 Å². The molecule has 1 unspecified atom stereocenters. The standard InChI is InChI=1S/C14H18F3NO2/c1-10(18-12-6-8-19-9-7-12)11-2-4-13(5-3-11)20-14(15,16)17/h2-5,10,12,18H,6-9H2,1H3. The molecule has 0 aliphatic carbocycles. The Morgan fingerprint density at radius 2 is 1.80 bits per heavy atom. The average molecular weight is 289 g/mol. The van der Waals surface area contributed by atoms with Gasteiger partial charge in [0.2, 0.25) is 0 Å². The molecule has 20 heavy (non-hydrogen) atoms. The van der Waals surface area contributed by atoms with Gasteiger partial charge in [0.15, 0.2) is 0 Å². The summed E-state index contributed by atoms with van der Waals surface area (Å²) in [6.45, 7) is 3.50. The molecule has 1 fully saturated rings. The maximum Gasteiger partial charge on any atom is 0.573 e. The first-order valence-corrected chi connectivity index (χ1v) is 6.63. The van der Waals surface area contributed by atoms with Crippen molar-refractivity contribution in [3.63, 3.8) is 0 Å². The summed E-state index contributed by atoms with van der Waals surface area (Å²) in [5.41, 5.74) is 0.936. The largest absolute Gasteiger partial charge is 0.573 e. The maximum absolute atomic E-state index is 12.1. The van der Waals surface area contributed by atoms with Crippen LogP contribution in [0.25, 0.3) is 0 Å². The summed E-state index contributed by atoms with van der Waals surface area (Å²) in [5.74, 6) is -0.195. The smallest absolute Gasteiger partial charge is 0.406 e. The highest BCUT2D eigenvalue weighted by atomic mass is 19.4. The van der Waals surface area contributed by atoms with E-state index in [1.54, 1.807) is 12.1 Å². The molecule has 1 aliphatic heterocycles. The predicted molar refractivity (Wildman–Crippen MR) is 68.5 cm³/mol. The number of benzene rings is 1. The van der Waals surface area contributed by atoms with E-state index >= 15 is 0 Å². The summed E-state index contributed by atoms with van der Waals surface area (Å²) in [6.07, 6.45) is -2.73. The molecule has 1 atom stereocenters. The van der Waals surface area contributed by atoms with Crippen molar-refractivity contribution in [2.45, 2.75) is 38.2 Å². The van der Waals surface area contributed by atoms with Gasteiger partial charge in [0.05, 0.1) is 0 Å². The second-order valence-corrected chi connectivity index (χ2v) is 4.89. The van der Waals surface area contributed by atoms with Gasteiger partial charge in [0.1, 0.15) is 5.75 Å². The molecule has 1 heterocycles. The van der Waals surface area contributed by atoms with Crippen LogP contribution in [-0.4, -0.2) is 25.6 Å². The Hall–Kier alpha value is -1.27. The normalized spacial score (nSPS) is 18.8. The third-order valence-electron chi connectivity index (χ3n) is 3.32. The minimum absolute atomic E-state index is 0.0815. The lowest BCUT2D eigenvalue weighted by molar-refractivity contribution is -0.274. The van der Waals surface area contributed by atoms with Crippen LogP contribution < -0.4 is 10.1 Å². The fraction of sp³-hybridized carbons (Fsp3) is 0.571. The lowest BCUT2D eigenvalue weighted by Gasteiger charge is -2.27. The molecule has 1 aliphatic rings. The second kappa shape index (κ2) is 6.45. The number of ether oxygens (including phenoxy) is 2. The number of alkyl halides is 3. The fourth-order valence-electron chi connectivity index (χ4n) is 2.27. The molecule has 112 valence electrons. The summed E-state index contributed by atoms with van der Waals surface area (Å²) < 4.78 is 45.3. The van der Waals surface area contributed by atoms with E-state index in [4.69, 9.17) is 4.74 Å². The number of nitrogens with one attached hydrogen (secondary N) is 1. The number of hydrogen-bond donors (Lipinski definition) is 1. The van der Waals surface area contributed by atoms with E-state index in [1.807, 2.05) is 6.92 Å². The highest BCUT2D eigenvalue weighted by Crippen LogP contribution is 2.24. The zero-order valence-electron chi connectivity index (χ0n) is 11.2. The average Bonchev–Trinajstić information content (AvgIpc) is 2.39. The van der Waals surface area contributed by atoms with Gasteiger partial charge in [-0.3, -0.25) is 0 Å². The number of halogens is 3. The van der Waals surface area contributed by atoms with Crippen molar-refractivity contribution < 1.29 is 22.6 Å². The lowest BCUT2D eigenvalue weighted by atomic mass is 10.0. The molecular weight excluding hydrogens is 271 g/mol. The van der Waals surface area contributed by atoms with E-state index in [9.17, 15) is 13.2 Å². The summed E-state index contributed by atoms with van der Waals surface area (Å²) in [7, 11) is 0. The highest BCUT2D eigenvalue weighted by Gasteiger charge is 2.31.